The summed E-state index contributed by atoms with van der Waals surface area (Å²) in [7, 11) is 0. The van der Waals surface area contributed by atoms with Crippen molar-refractivity contribution in [3.8, 4) is 11.5 Å². The van der Waals surface area contributed by atoms with Gasteiger partial charge < -0.3 is 14.6 Å². The van der Waals surface area contributed by atoms with Crippen molar-refractivity contribution in [3.63, 3.8) is 0 Å². The number of hydrogen-bond donors (Lipinski definition) is 1. The van der Waals surface area contributed by atoms with Crippen LogP contribution < -0.4 is 9.47 Å². The number of carboxylic acids is 1. The third kappa shape index (κ3) is 4.62. The van der Waals surface area contributed by atoms with Gasteiger partial charge in [-0.2, -0.15) is 0 Å². The molecule has 2 aromatic rings. The van der Waals surface area contributed by atoms with E-state index in [9.17, 15) is 4.79 Å². The summed E-state index contributed by atoms with van der Waals surface area (Å²) in [6.45, 7) is 4.57. The molecule has 2 aromatic carbocycles. The van der Waals surface area contributed by atoms with E-state index >= 15 is 0 Å². The molecule has 0 spiro atoms. The number of carbonyl (C=O) groups is 1. The molecule has 0 fully saturated rings. The highest BCUT2D eigenvalue weighted by molar-refractivity contribution is 9.10. The first-order valence-corrected chi connectivity index (χ1v) is 8.10. The van der Waals surface area contributed by atoms with Crippen molar-refractivity contribution in [1.82, 2.24) is 0 Å². The van der Waals surface area contributed by atoms with E-state index in [0.717, 1.165) is 21.9 Å². The van der Waals surface area contributed by atoms with Gasteiger partial charge in [0.15, 0.2) is 0 Å². The lowest BCUT2D eigenvalue weighted by Gasteiger charge is -2.12. The minimum atomic E-state index is -0.978. The van der Waals surface area contributed by atoms with Gasteiger partial charge >= 0.3 is 5.97 Å². The van der Waals surface area contributed by atoms with Gasteiger partial charge in [0, 0.05) is 5.02 Å². The first kappa shape index (κ1) is 17.6. The molecule has 0 saturated heterocycles. The van der Waals surface area contributed by atoms with Gasteiger partial charge in [0.2, 0.25) is 0 Å². The van der Waals surface area contributed by atoms with Crippen LogP contribution in [0, 0.1) is 13.8 Å². The normalized spacial score (nSPS) is 10.4. The van der Waals surface area contributed by atoms with Crippen LogP contribution in [0.3, 0.4) is 0 Å². The summed E-state index contributed by atoms with van der Waals surface area (Å²) in [6.07, 6.45) is 0. The van der Waals surface area contributed by atoms with Crippen LogP contribution in [0.4, 0.5) is 0 Å². The molecular formula is C17H16BrClO4. The van der Waals surface area contributed by atoms with Gasteiger partial charge in [-0.15, -0.1) is 0 Å². The maximum absolute atomic E-state index is 10.9. The van der Waals surface area contributed by atoms with Crippen LogP contribution >= 0.6 is 27.5 Å². The molecule has 122 valence electrons. The molecule has 0 aliphatic heterocycles. The summed E-state index contributed by atoms with van der Waals surface area (Å²) in [4.78, 5) is 10.9. The number of aromatic carboxylic acids is 1. The van der Waals surface area contributed by atoms with Crippen molar-refractivity contribution in [2.24, 2.45) is 0 Å². The molecule has 23 heavy (non-hydrogen) atoms. The first-order chi connectivity index (χ1) is 10.9. The fourth-order valence-corrected chi connectivity index (χ4v) is 2.65. The predicted octanol–water partition coefficient (Wildman–Crippen LogP) is 4.88. The second kappa shape index (κ2) is 7.70. The summed E-state index contributed by atoms with van der Waals surface area (Å²) in [5.74, 6) is 0.337. The van der Waals surface area contributed by atoms with Gasteiger partial charge in [-0.1, -0.05) is 11.6 Å². The standard InChI is InChI=1S/C17H16BrClO4/c1-10-7-13(8-11(2)16(10)19)22-5-6-23-15-4-3-12(17(20)21)9-14(15)18/h3-4,7-9H,5-6H2,1-2H3,(H,20,21). The van der Waals surface area contributed by atoms with Crippen LogP contribution in [0.15, 0.2) is 34.8 Å². The lowest BCUT2D eigenvalue weighted by atomic mass is 10.1. The number of benzene rings is 2. The summed E-state index contributed by atoms with van der Waals surface area (Å²) < 4.78 is 11.8. The Bertz CT molecular complexity index is 708. The maximum Gasteiger partial charge on any atom is 0.335 e. The van der Waals surface area contributed by atoms with E-state index in [1.165, 1.54) is 12.1 Å². The summed E-state index contributed by atoms with van der Waals surface area (Å²) in [5.41, 5.74) is 2.14. The number of carboxylic acid groups (broad SMARTS) is 1. The fraction of sp³-hybridized carbons (Fsp3) is 0.235. The molecule has 2 rings (SSSR count). The van der Waals surface area contributed by atoms with Crippen LogP contribution in [0.1, 0.15) is 21.5 Å². The average Bonchev–Trinajstić information content (AvgIpc) is 2.50. The van der Waals surface area contributed by atoms with E-state index < -0.39 is 5.97 Å². The zero-order valence-electron chi connectivity index (χ0n) is 12.7. The molecule has 1 N–H and O–H groups in total. The van der Waals surface area contributed by atoms with Crippen LogP contribution in [-0.4, -0.2) is 24.3 Å². The molecule has 0 aromatic heterocycles. The van der Waals surface area contributed by atoms with Crippen LogP contribution in [0.2, 0.25) is 5.02 Å². The van der Waals surface area contributed by atoms with Gasteiger partial charge in [0.1, 0.15) is 24.7 Å². The highest BCUT2D eigenvalue weighted by Crippen LogP contribution is 2.27. The molecule has 0 amide bonds. The third-order valence-corrected chi connectivity index (χ3v) is 4.41. The SMILES string of the molecule is Cc1cc(OCCOc2ccc(C(=O)O)cc2Br)cc(C)c1Cl. The van der Waals surface area contributed by atoms with Crippen molar-refractivity contribution in [2.45, 2.75) is 13.8 Å². The van der Waals surface area contributed by atoms with Crippen molar-refractivity contribution in [3.05, 3.63) is 56.5 Å². The molecule has 0 radical (unpaired) electrons. The summed E-state index contributed by atoms with van der Waals surface area (Å²) in [5, 5.41) is 9.66. The number of rotatable bonds is 6. The van der Waals surface area contributed by atoms with Gasteiger partial charge in [-0.25, -0.2) is 4.79 Å². The number of ether oxygens (including phenoxy) is 2. The van der Waals surface area contributed by atoms with Crippen molar-refractivity contribution >= 4 is 33.5 Å². The molecule has 0 saturated carbocycles. The Morgan fingerprint density at radius 3 is 2.30 bits per heavy atom. The minimum absolute atomic E-state index is 0.201. The number of aryl methyl sites for hydroxylation is 2. The minimum Gasteiger partial charge on any atom is -0.490 e. The van der Waals surface area contributed by atoms with E-state index in [0.29, 0.717) is 23.4 Å². The number of hydrogen-bond acceptors (Lipinski definition) is 3. The molecule has 0 unspecified atom stereocenters. The molecule has 0 aliphatic carbocycles. The molecule has 6 heteroatoms. The lowest BCUT2D eigenvalue weighted by Crippen LogP contribution is -2.09. The van der Waals surface area contributed by atoms with Crippen molar-refractivity contribution in [2.75, 3.05) is 13.2 Å². The molecule has 0 bridgehead atoms. The lowest BCUT2D eigenvalue weighted by molar-refractivity contribution is 0.0696. The third-order valence-electron chi connectivity index (χ3n) is 3.20. The highest BCUT2D eigenvalue weighted by atomic mass is 79.9. The Kier molecular flexibility index (Phi) is 5.91. The van der Waals surface area contributed by atoms with E-state index in [4.69, 9.17) is 26.2 Å². The average molecular weight is 400 g/mol. The molecule has 4 nitrogen and oxygen atoms in total. The highest BCUT2D eigenvalue weighted by Gasteiger charge is 2.08. The second-order valence-electron chi connectivity index (χ2n) is 5.02. The molecule has 0 atom stereocenters. The summed E-state index contributed by atoms with van der Waals surface area (Å²) in [6, 6.07) is 8.38. The second-order valence-corrected chi connectivity index (χ2v) is 6.25. The van der Waals surface area contributed by atoms with Gasteiger partial charge in [0.25, 0.3) is 0 Å². The van der Waals surface area contributed by atoms with Crippen molar-refractivity contribution in [1.29, 1.82) is 0 Å². The first-order valence-electron chi connectivity index (χ1n) is 6.93. The summed E-state index contributed by atoms with van der Waals surface area (Å²) >= 11 is 9.41. The van der Waals surface area contributed by atoms with E-state index in [2.05, 4.69) is 15.9 Å². The van der Waals surface area contributed by atoms with E-state index in [1.54, 1.807) is 6.07 Å². The molecular weight excluding hydrogens is 384 g/mol. The van der Waals surface area contributed by atoms with E-state index in [-0.39, 0.29) is 5.56 Å². The Morgan fingerprint density at radius 1 is 1.13 bits per heavy atom. The molecule has 0 heterocycles. The molecule has 0 aliphatic rings. The topological polar surface area (TPSA) is 55.8 Å². The van der Waals surface area contributed by atoms with Crippen LogP contribution in [0.25, 0.3) is 0 Å². The van der Waals surface area contributed by atoms with Gasteiger partial charge in [0.05, 0.1) is 10.0 Å². The predicted molar refractivity (Wildman–Crippen MR) is 93.0 cm³/mol. The largest absolute Gasteiger partial charge is 0.490 e. The monoisotopic (exact) mass is 398 g/mol. The van der Waals surface area contributed by atoms with Crippen LogP contribution in [0.5, 0.6) is 11.5 Å². The van der Waals surface area contributed by atoms with Gasteiger partial charge in [-0.05, 0) is 71.2 Å². The maximum atomic E-state index is 10.9. The van der Waals surface area contributed by atoms with Gasteiger partial charge in [-0.3, -0.25) is 0 Å². The van der Waals surface area contributed by atoms with E-state index in [1.807, 2.05) is 26.0 Å². The quantitative estimate of drug-likeness (QED) is 0.704. The Hall–Kier alpha value is -1.72. The Morgan fingerprint density at radius 2 is 1.74 bits per heavy atom. The van der Waals surface area contributed by atoms with Crippen molar-refractivity contribution < 1.29 is 19.4 Å². The Balaban J connectivity index is 1.90. The zero-order valence-corrected chi connectivity index (χ0v) is 15.1. The van der Waals surface area contributed by atoms with Crippen LogP contribution in [-0.2, 0) is 0 Å². The fourth-order valence-electron chi connectivity index (χ4n) is 2.05. The Labute approximate surface area is 148 Å². The zero-order chi connectivity index (χ0) is 17.0. The number of halogens is 2. The smallest absolute Gasteiger partial charge is 0.335 e.